The van der Waals surface area contributed by atoms with Gasteiger partial charge >= 0.3 is 6.09 Å². The summed E-state index contributed by atoms with van der Waals surface area (Å²) in [5.74, 6) is 0.151. The quantitative estimate of drug-likeness (QED) is 0.582. The predicted molar refractivity (Wildman–Crippen MR) is 126 cm³/mol. The summed E-state index contributed by atoms with van der Waals surface area (Å²) in [6.07, 6.45) is 6.52. The molecule has 34 heavy (non-hydrogen) atoms. The smallest absolute Gasteiger partial charge is 0.409 e. The first kappa shape index (κ1) is 23.9. The van der Waals surface area contributed by atoms with Crippen LogP contribution in [0.5, 0.6) is 5.88 Å². The number of nitrogens with zero attached hydrogens (tertiary/aromatic N) is 3. The zero-order chi connectivity index (χ0) is 24.0. The number of nitrogens with one attached hydrogen (secondary N) is 1. The maximum Gasteiger partial charge on any atom is 0.409 e. The second kappa shape index (κ2) is 10.8. The lowest BCUT2D eigenvalue weighted by atomic mass is 9.94. The standard InChI is InChI=1S/C25H33N5O4/c1-33-24(32)30-12-7-20(8-13-30)34-22-14-21(28-17-29-22)23(31)27-16-25(10-11-25)9-6-18-4-2-3-5-19(18)15-26/h2-5,14,17,20H,6-13,15-16,26H2,1H3,(H,27,31). The van der Waals surface area contributed by atoms with E-state index in [4.69, 9.17) is 15.2 Å². The normalized spacial score (nSPS) is 17.2. The number of nitrogens with two attached hydrogens (primary N) is 1. The molecule has 2 aliphatic rings. The molecule has 2 aromatic rings. The Morgan fingerprint density at radius 3 is 2.59 bits per heavy atom. The molecule has 0 bridgehead atoms. The van der Waals surface area contributed by atoms with E-state index in [0.29, 0.717) is 50.6 Å². The van der Waals surface area contributed by atoms with Gasteiger partial charge in [-0.25, -0.2) is 14.8 Å². The number of carbonyl (C=O) groups is 2. The fraction of sp³-hybridized carbons (Fsp3) is 0.520. The van der Waals surface area contributed by atoms with E-state index in [9.17, 15) is 9.59 Å². The molecule has 4 rings (SSSR count). The highest BCUT2D eigenvalue weighted by Crippen LogP contribution is 2.49. The lowest BCUT2D eigenvalue weighted by molar-refractivity contribution is 0.0767. The van der Waals surface area contributed by atoms with Crippen LogP contribution in [0.15, 0.2) is 36.7 Å². The van der Waals surface area contributed by atoms with E-state index in [1.54, 1.807) is 11.0 Å². The molecule has 1 saturated heterocycles. The van der Waals surface area contributed by atoms with Crippen LogP contribution in [0.2, 0.25) is 0 Å². The van der Waals surface area contributed by atoms with Gasteiger partial charge in [0.15, 0.2) is 0 Å². The van der Waals surface area contributed by atoms with Crippen molar-refractivity contribution < 1.29 is 19.1 Å². The fourth-order valence-electron chi connectivity index (χ4n) is 4.43. The number of ether oxygens (including phenoxy) is 2. The minimum absolute atomic E-state index is 0.0714. The number of piperidine rings is 1. The molecule has 1 aromatic heterocycles. The summed E-state index contributed by atoms with van der Waals surface area (Å²) in [6.45, 7) is 2.30. The lowest BCUT2D eigenvalue weighted by Gasteiger charge is -2.30. The van der Waals surface area contributed by atoms with Crippen molar-refractivity contribution in [2.75, 3.05) is 26.7 Å². The molecule has 2 fully saturated rings. The largest absolute Gasteiger partial charge is 0.474 e. The van der Waals surface area contributed by atoms with E-state index >= 15 is 0 Å². The summed E-state index contributed by atoms with van der Waals surface area (Å²) < 4.78 is 10.7. The summed E-state index contributed by atoms with van der Waals surface area (Å²) in [6, 6.07) is 9.86. The van der Waals surface area contributed by atoms with E-state index in [0.717, 1.165) is 25.7 Å². The monoisotopic (exact) mass is 467 g/mol. The molecule has 1 aliphatic heterocycles. The van der Waals surface area contributed by atoms with Crippen LogP contribution >= 0.6 is 0 Å². The van der Waals surface area contributed by atoms with Gasteiger partial charge in [-0.05, 0) is 42.2 Å². The molecule has 2 heterocycles. The van der Waals surface area contributed by atoms with Crippen molar-refractivity contribution in [3.05, 3.63) is 53.5 Å². The van der Waals surface area contributed by atoms with Crippen LogP contribution in [0.4, 0.5) is 4.79 Å². The minimum Gasteiger partial charge on any atom is -0.474 e. The Bertz CT molecular complexity index is 1000. The molecule has 1 saturated carbocycles. The number of aromatic nitrogens is 2. The molecule has 1 aliphatic carbocycles. The molecular formula is C25H33N5O4. The zero-order valence-electron chi connectivity index (χ0n) is 19.7. The second-order valence-corrected chi connectivity index (χ2v) is 9.17. The molecule has 182 valence electrons. The van der Waals surface area contributed by atoms with Gasteiger partial charge in [0.05, 0.1) is 7.11 Å². The molecule has 9 heteroatoms. The molecular weight excluding hydrogens is 434 g/mol. The average Bonchev–Trinajstić information content (AvgIpc) is 3.66. The van der Waals surface area contributed by atoms with Crippen LogP contribution in [-0.2, 0) is 17.7 Å². The number of carbonyl (C=O) groups excluding carboxylic acids is 2. The Kier molecular flexibility index (Phi) is 7.62. The van der Waals surface area contributed by atoms with Crippen LogP contribution < -0.4 is 15.8 Å². The summed E-state index contributed by atoms with van der Waals surface area (Å²) in [5, 5.41) is 3.05. The summed E-state index contributed by atoms with van der Waals surface area (Å²) >= 11 is 0. The number of benzene rings is 1. The third-order valence-corrected chi connectivity index (χ3v) is 6.88. The number of hydrogen-bond acceptors (Lipinski definition) is 7. The second-order valence-electron chi connectivity index (χ2n) is 9.17. The van der Waals surface area contributed by atoms with Crippen LogP contribution in [0.3, 0.4) is 0 Å². The van der Waals surface area contributed by atoms with Crippen molar-refractivity contribution in [3.63, 3.8) is 0 Å². The van der Waals surface area contributed by atoms with E-state index in [-0.39, 0.29) is 23.5 Å². The highest BCUT2D eigenvalue weighted by Gasteiger charge is 2.42. The molecule has 1 aromatic carbocycles. The van der Waals surface area contributed by atoms with Crippen molar-refractivity contribution >= 4 is 12.0 Å². The summed E-state index contributed by atoms with van der Waals surface area (Å²) in [5.41, 5.74) is 8.78. The summed E-state index contributed by atoms with van der Waals surface area (Å²) in [4.78, 5) is 34.3. The number of likely N-dealkylation sites (tertiary alicyclic amines) is 1. The van der Waals surface area contributed by atoms with Gasteiger partial charge in [-0.2, -0.15) is 0 Å². The van der Waals surface area contributed by atoms with Crippen LogP contribution in [-0.4, -0.2) is 59.7 Å². The van der Waals surface area contributed by atoms with Gasteiger partial charge in [0.2, 0.25) is 5.88 Å². The molecule has 0 spiro atoms. The van der Waals surface area contributed by atoms with Gasteiger partial charge in [0, 0.05) is 45.1 Å². The Morgan fingerprint density at radius 2 is 1.91 bits per heavy atom. The Morgan fingerprint density at radius 1 is 1.18 bits per heavy atom. The van der Waals surface area contributed by atoms with Crippen LogP contribution in [0.1, 0.15) is 53.7 Å². The van der Waals surface area contributed by atoms with Crippen molar-refractivity contribution in [1.29, 1.82) is 0 Å². The molecule has 3 N–H and O–H groups in total. The first-order valence-corrected chi connectivity index (χ1v) is 11.9. The van der Waals surface area contributed by atoms with Gasteiger partial charge in [0.25, 0.3) is 5.91 Å². The zero-order valence-corrected chi connectivity index (χ0v) is 19.7. The van der Waals surface area contributed by atoms with E-state index in [1.165, 1.54) is 24.6 Å². The maximum absolute atomic E-state index is 12.8. The van der Waals surface area contributed by atoms with E-state index in [2.05, 4.69) is 27.4 Å². The first-order chi connectivity index (χ1) is 16.5. The van der Waals surface area contributed by atoms with Crippen molar-refractivity contribution in [3.8, 4) is 5.88 Å². The van der Waals surface area contributed by atoms with Crippen LogP contribution in [0.25, 0.3) is 0 Å². The lowest BCUT2D eigenvalue weighted by Crippen LogP contribution is -2.41. The summed E-state index contributed by atoms with van der Waals surface area (Å²) in [7, 11) is 1.38. The minimum atomic E-state index is -0.323. The van der Waals surface area contributed by atoms with Crippen molar-refractivity contribution in [1.82, 2.24) is 20.2 Å². The van der Waals surface area contributed by atoms with Crippen molar-refractivity contribution in [2.24, 2.45) is 11.1 Å². The number of rotatable bonds is 9. The Hall–Kier alpha value is -3.20. The first-order valence-electron chi connectivity index (χ1n) is 11.9. The van der Waals surface area contributed by atoms with Gasteiger partial charge in [-0.1, -0.05) is 24.3 Å². The average molecular weight is 468 g/mol. The number of methoxy groups -OCH3 is 1. The van der Waals surface area contributed by atoms with Crippen molar-refractivity contribution in [2.45, 2.75) is 51.2 Å². The molecule has 0 unspecified atom stereocenters. The topological polar surface area (TPSA) is 120 Å². The van der Waals surface area contributed by atoms with Gasteiger partial charge in [-0.15, -0.1) is 0 Å². The number of aryl methyl sites for hydroxylation is 1. The van der Waals surface area contributed by atoms with E-state index < -0.39 is 0 Å². The predicted octanol–water partition coefficient (Wildman–Crippen LogP) is 2.69. The number of hydrogen-bond donors (Lipinski definition) is 2. The highest BCUT2D eigenvalue weighted by molar-refractivity contribution is 5.92. The molecule has 9 nitrogen and oxygen atoms in total. The van der Waals surface area contributed by atoms with Crippen LogP contribution in [0, 0.1) is 5.41 Å². The molecule has 2 amide bonds. The molecule has 0 atom stereocenters. The molecule has 0 radical (unpaired) electrons. The fourth-order valence-corrected chi connectivity index (χ4v) is 4.43. The Labute approximate surface area is 200 Å². The number of amides is 2. The highest BCUT2D eigenvalue weighted by atomic mass is 16.5. The third-order valence-electron chi connectivity index (χ3n) is 6.88. The maximum atomic E-state index is 12.8. The van der Waals surface area contributed by atoms with E-state index in [1.807, 2.05) is 12.1 Å². The van der Waals surface area contributed by atoms with Gasteiger partial charge in [0.1, 0.15) is 18.1 Å². The van der Waals surface area contributed by atoms with Gasteiger partial charge in [-0.3, -0.25) is 4.79 Å². The third kappa shape index (κ3) is 6.02. The Balaban J connectivity index is 1.26. The van der Waals surface area contributed by atoms with Gasteiger partial charge < -0.3 is 25.4 Å². The SMILES string of the molecule is COC(=O)N1CCC(Oc2cc(C(=O)NCC3(CCc4ccccc4CN)CC3)ncn2)CC1.